The number of hydrogen-bond acceptors (Lipinski definition) is 6. The van der Waals surface area contributed by atoms with Crippen molar-refractivity contribution >= 4 is 23.1 Å². The molecular formula is C14H14N6OS. The predicted octanol–water partition coefficient (Wildman–Crippen LogP) is 2.30. The summed E-state index contributed by atoms with van der Waals surface area (Å²) in [5.74, 6) is 1.34. The van der Waals surface area contributed by atoms with E-state index < -0.39 is 0 Å². The van der Waals surface area contributed by atoms with Crippen molar-refractivity contribution in [2.45, 2.75) is 20.8 Å². The van der Waals surface area contributed by atoms with Gasteiger partial charge in [0, 0.05) is 5.69 Å². The van der Waals surface area contributed by atoms with Crippen LogP contribution in [0.5, 0.6) is 0 Å². The fourth-order valence-corrected chi connectivity index (χ4v) is 2.63. The lowest BCUT2D eigenvalue weighted by Gasteiger charge is -2.06. The summed E-state index contributed by atoms with van der Waals surface area (Å²) in [5.41, 5.74) is 2.23. The topological polar surface area (TPSA) is 85.6 Å². The summed E-state index contributed by atoms with van der Waals surface area (Å²) in [7, 11) is 0. The van der Waals surface area contributed by atoms with Crippen LogP contribution in [0.15, 0.2) is 24.3 Å². The van der Waals surface area contributed by atoms with E-state index in [0.717, 1.165) is 28.9 Å². The minimum Gasteiger partial charge on any atom is -0.321 e. The quantitative estimate of drug-likeness (QED) is 0.801. The summed E-state index contributed by atoms with van der Waals surface area (Å²) < 4.78 is 5.52. The Hall–Kier alpha value is -2.61. The molecule has 7 nitrogen and oxygen atoms in total. The van der Waals surface area contributed by atoms with Crippen LogP contribution in [0.25, 0.3) is 5.69 Å². The van der Waals surface area contributed by atoms with Gasteiger partial charge in [-0.05, 0) is 56.6 Å². The van der Waals surface area contributed by atoms with Crippen molar-refractivity contribution < 1.29 is 4.79 Å². The Morgan fingerprint density at radius 2 is 1.91 bits per heavy atom. The Balaban J connectivity index is 1.79. The number of nitrogens with zero attached hydrogens (tertiary/aromatic N) is 5. The molecule has 3 rings (SSSR count). The van der Waals surface area contributed by atoms with Crippen molar-refractivity contribution in [3.05, 3.63) is 46.5 Å². The number of anilines is 1. The first kappa shape index (κ1) is 14.3. The van der Waals surface area contributed by atoms with Gasteiger partial charge in [-0.3, -0.25) is 4.79 Å². The Bertz CT molecular complexity index is 820. The summed E-state index contributed by atoms with van der Waals surface area (Å²) in [6.45, 7) is 5.51. The standard InChI is InChI=1S/C14H14N6OS/c1-8-13(22-19-17-8)14(21)16-11-4-6-12(7-5-11)20-10(3)15-9(2)18-20/h4-7H,1-3H3,(H,16,21). The lowest BCUT2D eigenvalue weighted by atomic mass is 10.2. The Morgan fingerprint density at radius 1 is 1.18 bits per heavy atom. The molecule has 0 radical (unpaired) electrons. The van der Waals surface area contributed by atoms with Crippen molar-refractivity contribution in [1.29, 1.82) is 0 Å². The summed E-state index contributed by atoms with van der Waals surface area (Å²) in [5, 5.41) is 11.0. The molecule has 1 aromatic carbocycles. The van der Waals surface area contributed by atoms with E-state index in [-0.39, 0.29) is 5.91 Å². The number of carbonyl (C=O) groups is 1. The van der Waals surface area contributed by atoms with Gasteiger partial charge in [-0.15, -0.1) is 5.10 Å². The highest BCUT2D eigenvalue weighted by Crippen LogP contribution is 2.17. The van der Waals surface area contributed by atoms with Gasteiger partial charge in [0.15, 0.2) is 0 Å². The molecule has 0 aliphatic carbocycles. The van der Waals surface area contributed by atoms with Crippen LogP contribution in [0.1, 0.15) is 27.0 Å². The van der Waals surface area contributed by atoms with Crippen LogP contribution in [0.4, 0.5) is 5.69 Å². The normalized spacial score (nSPS) is 10.7. The number of aryl methyl sites for hydroxylation is 3. The number of nitrogens with one attached hydrogen (secondary N) is 1. The van der Waals surface area contributed by atoms with Gasteiger partial charge in [-0.1, -0.05) is 4.49 Å². The molecule has 2 heterocycles. The van der Waals surface area contributed by atoms with Crippen LogP contribution in [0.2, 0.25) is 0 Å². The maximum atomic E-state index is 12.1. The molecule has 2 aromatic heterocycles. The summed E-state index contributed by atoms with van der Waals surface area (Å²) >= 11 is 1.09. The smallest absolute Gasteiger partial charge is 0.269 e. The number of amides is 1. The average molecular weight is 314 g/mol. The minimum atomic E-state index is -0.201. The molecule has 22 heavy (non-hydrogen) atoms. The summed E-state index contributed by atoms with van der Waals surface area (Å²) in [4.78, 5) is 16.9. The van der Waals surface area contributed by atoms with Crippen molar-refractivity contribution in [2.24, 2.45) is 0 Å². The lowest BCUT2D eigenvalue weighted by Crippen LogP contribution is -2.11. The minimum absolute atomic E-state index is 0.201. The molecule has 0 saturated heterocycles. The number of aromatic nitrogens is 5. The second kappa shape index (κ2) is 5.64. The number of hydrogen-bond donors (Lipinski definition) is 1. The molecule has 0 aliphatic rings. The third-order valence-electron chi connectivity index (χ3n) is 3.10. The second-order valence-electron chi connectivity index (χ2n) is 4.81. The van der Waals surface area contributed by atoms with Gasteiger partial charge in [0.25, 0.3) is 5.91 Å². The van der Waals surface area contributed by atoms with Crippen LogP contribution < -0.4 is 5.32 Å². The van der Waals surface area contributed by atoms with Gasteiger partial charge in [0.05, 0.1) is 11.4 Å². The maximum Gasteiger partial charge on any atom is 0.269 e. The van der Waals surface area contributed by atoms with Gasteiger partial charge in [0.2, 0.25) is 0 Å². The summed E-state index contributed by atoms with van der Waals surface area (Å²) in [6, 6.07) is 7.42. The van der Waals surface area contributed by atoms with E-state index in [1.54, 1.807) is 11.6 Å². The zero-order valence-electron chi connectivity index (χ0n) is 12.4. The van der Waals surface area contributed by atoms with Gasteiger partial charge < -0.3 is 5.32 Å². The fourth-order valence-electron chi connectivity index (χ4n) is 2.08. The molecule has 3 aromatic rings. The Kier molecular flexibility index (Phi) is 3.68. The molecule has 1 N–H and O–H groups in total. The predicted molar refractivity (Wildman–Crippen MR) is 83.4 cm³/mol. The summed E-state index contributed by atoms with van der Waals surface area (Å²) in [6.07, 6.45) is 0. The van der Waals surface area contributed by atoms with Gasteiger partial charge >= 0.3 is 0 Å². The Morgan fingerprint density at radius 3 is 2.45 bits per heavy atom. The van der Waals surface area contributed by atoms with Crippen LogP contribution in [-0.2, 0) is 0 Å². The number of benzene rings is 1. The molecule has 0 aliphatic heterocycles. The van der Waals surface area contributed by atoms with Gasteiger partial charge in [0.1, 0.15) is 16.5 Å². The Labute approximate surface area is 131 Å². The molecule has 0 fully saturated rings. The first-order valence-corrected chi connectivity index (χ1v) is 7.43. The van der Waals surface area contributed by atoms with E-state index in [2.05, 4.69) is 25.0 Å². The molecule has 1 amide bonds. The SMILES string of the molecule is Cc1nc(C)n(-c2ccc(NC(=O)c3snnc3C)cc2)n1. The van der Waals surface area contributed by atoms with E-state index in [9.17, 15) is 4.79 Å². The molecular weight excluding hydrogens is 300 g/mol. The van der Waals surface area contributed by atoms with Crippen LogP contribution >= 0.6 is 11.5 Å². The van der Waals surface area contributed by atoms with E-state index in [0.29, 0.717) is 16.3 Å². The van der Waals surface area contributed by atoms with Crippen LogP contribution in [-0.4, -0.2) is 30.3 Å². The third-order valence-corrected chi connectivity index (χ3v) is 3.93. The average Bonchev–Trinajstić information content (AvgIpc) is 3.05. The van der Waals surface area contributed by atoms with Crippen LogP contribution in [0, 0.1) is 20.8 Å². The number of rotatable bonds is 3. The first-order chi connectivity index (χ1) is 10.5. The molecule has 112 valence electrons. The lowest BCUT2D eigenvalue weighted by molar-refractivity contribution is 0.103. The van der Waals surface area contributed by atoms with Crippen molar-refractivity contribution in [3.63, 3.8) is 0 Å². The van der Waals surface area contributed by atoms with E-state index >= 15 is 0 Å². The van der Waals surface area contributed by atoms with Crippen molar-refractivity contribution in [2.75, 3.05) is 5.32 Å². The first-order valence-electron chi connectivity index (χ1n) is 6.65. The molecule has 0 unspecified atom stereocenters. The zero-order chi connectivity index (χ0) is 15.7. The van der Waals surface area contributed by atoms with E-state index in [1.165, 1.54) is 0 Å². The van der Waals surface area contributed by atoms with Gasteiger partial charge in [-0.2, -0.15) is 5.10 Å². The zero-order valence-corrected chi connectivity index (χ0v) is 13.2. The van der Waals surface area contributed by atoms with Crippen molar-refractivity contribution in [3.8, 4) is 5.69 Å². The third kappa shape index (κ3) is 2.73. The van der Waals surface area contributed by atoms with E-state index in [4.69, 9.17) is 0 Å². The highest BCUT2D eigenvalue weighted by Gasteiger charge is 2.13. The molecule has 0 saturated carbocycles. The molecule has 0 spiro atoms. The maximum absolute atomic E-state index is 12.1. The largest absolute Gasteiger partial charge is 0.321 e. The molecule has 0 atom stereocenters. The van der Waals surface area contributed by atoms with Gasteiger partial charge in [-0.25, -0.2) is 9.67 Å². The monoisotopic (exact) mass is 314 g/mol. The second-order valence-corrected chi connectivity index (χ2v) is 5.56. The highest BCUT2D eigenvalue weighted by atomic mass is 32.1. The van der Waals surface area contributed by atoms with Crippen molar-refractivity contribution in [1.82, 2.24) is 24.4 Å². The molecule has 0 bridgehead atoms. The molecule has 8 heteroatoms. The van der Waals surface area contributed by atoms with E-state index in [1.807, 2.05) is 38.1 Å². The number of carbonyl (C=O) groups excluding carboxylic acids is 1. The van der Waals surface area contributed by atoms with Crippen LogP contribution in [0.3, 0.4) is 0 Å². The highest BCUT2D eigenvalue weighted by molar-refractivity contribution is 7.08. The fraction of sp³-hybridized carbons (Fsp3) is 0.214.